The number of halogens is 1. The first-order valence-electron chi connectivity index (χ1n) is 5.27. The van der Waals surface area contributed by atoms with Gasteiger partial charge < -0.3 is 11.1 Å². The van der Waals surface area contributed by atoms with Crippen LogP contribution in [0.2, 0.25) is 0 Å². The van der Waals surface area contributed by atoms with E-state index in [4.69, 9.17) is 11.0 Å². The quantitative estimate of drug-likeness (QED) is 0.804. The molecule has 0 aliphatic rings. The predicted molar refractivity (Wildman–Crippen MR) is 61.7 cm³/mol. The summed E-state index contributed by atoms with van der Waals surface area (Å²) in [5.41, 5.74) is 5.19. The van der Waals surface area contributed by atoms with Crippen molar-refractivity contribution in [1.82, 2.24) is 5.32 Å². The number of hydrogen-bond acceptors (Lipinski definition) is 3. The highest BCUT2D eigenvalue weighted by molar-refractivity contribution is 5.97. The van der Waals surface area contributed by atoms with Crippen LogP contribution in [0.15, 0.2) is 24.3 Å². The molecule has 0 spiro atoms. The Balaban J connectivity index is 2.73. The van der Waals surface area contributed by atoms with Crippen LogP contribution in [0.25, 0.3) is 0 Å². The van der Waals surface area contributed by atoms with Gasteiger partial charge in [-0.25, -0.2) is 4.39 Å². The van der Waals surface area contributed by atoms with Crippen LogP contribution in [0.1, 0.15) is 23.2 Å². The van der Waals surface area contributed by atoms with Gasteiger partial charge in [0.2, 0.25) is 5.91 Å². The summed E-state index contributed by atoms with van der Waals surface area (Å²) in [5, 5.41) is 10.8. The average Bonchev–Trinajstić information content (AvgIpc) is 2.33. The summed E-state index contributed by atoms with van der Waals surface area (Å²) in [6.07, 6.45) is 0.226. The number of nitriles is 1. The molecule has 5 nitrogen and oxygen atoms in total. The van der Waals surface area contributed by atoms with Crippen molar-refractivity contribution in [3.05, 3.63) is 35.6 Å². The normalized spacial score (nSPS) is 11.3. The number of benzene rings is 1. The second-order valence-corrected chi connectivity index (χ2v) is 3.64. The molecule has 1 rings (SSSR count). The van der Waals surface area contributed by atoms with Crippen molar-refractivity contribution in [2.75, 3.05) is 0 Å². The van der Waals surface area contributed by atoms with E-state index in [1.165, 1.54) is 18.2 Å². The van der Waals surface area contributed by atoms with E-state index in [9.17, 15) is 14.0 Å². The molecule has 0 heterocycles. The Kier molecular flexibility index (Phi) is 4.81. The zero-order valence-electron chi connectivity index (χ0n) is 9.52. The van der Waals surface area contributed by atoms with E-state index in [0.29, 0.717) is 0 Å². The number of carbonyl (C=O) groups excluding carboxylic acids is 2. The van der Waals surface area contributed by atoms with Crippen LogP contribution in [0.4, 0.5) is 4.39 Å². The molecule has 0 saturated heterocycles. The fourth-order valence-electron chi connectivity index (χ4n) is 1.37. The molecule has 0 aliphatic heterocycles. The van der Waals surface area contributed by atoms with Crippen molar-refractivity contribution in [1.29, 1.82) is 5.26 Å². The highest BCUT2D eigenvalue weighted by atomic mass is 19.1. The topological polar surface area (TPSA) is 96.0 Å². The second-order valence-electron chi connectivity index (χ2n) is 3.64. The number of amides is 2. The zero-order chi connectivity index (χ0) is 13.5. The Morgan fingerprint density at radius 3 is 2.78 bits per heavy atom. The standard InChI is InChI=1S/C12H12FN3O2/c13-9-4-1-3-8(7-9)12(18)16-10(11(15)17)5-2-6-14/h1,3-4,7,10H,2,5H2,(H2,15,17)(H,16,18)/t10-/m0/s1. The number of nitrogens with zero attached hydrogens (tertiary/aromatic N) is 1. The summed E-state index contributed by atoms with van der Waals surface area (Å²) in [6, 6.07) is 5.99. The summed E-state index contributed by atoms with van der Waals surface area (Å²) >= 11 is 0. The summed E-state index contributed by atoms with van der Waals surface area (Å²) < 4.78 is 12.9. The third kappa shape index (κ3) is 3.87. The molecule has 0 bridgehead atoms. The molecule has 0 aromatic heterocycles. The smallest absolute Gasteiger partial charge is 0.252 e. The Hall–Kier alpha value is -2.42. The van der Waals surface area contributed by atoms with Crippen LogP contribution in [0.5, 0.6) is 0 Å². The monoisotopic (exact) mass is 249 g/mol. The van der Waals surface area contributed by atoms with E-state index in [1.54, 1.807) is 0 Å². The van der Waals surface area contributed by atoms with Gasteiger partial charge in [-0.2, -0.15) is 5.26 Å². The van der Waals surface area contributed by atoms with Crippen molar-refractivity contribution in [2.45, 2.75) is 18.9 Å². The molecular formula is C12H12FN3O2. The first-order chi connectivity index (χ1) is 8.54. The van der Waals surface area contributed by atoms with Crippen LogP contribution < -0.4 is 11.1 Å². The number of carbonyl (C=O) groups is 2. The van der Waals surface area contributed by atoms with Crippen molar-refractivity contribution in [3.63, 3.8) is 0 Å². The molecule has 2 amide bonds. The first-order valence-corrected chi connectivity index (χ1v) is 5.27. The predicted octanol–water partition coefficient (Wildman–Crippen LogP) is 0.713. The van der Waals surface area contributed by atoms with Gasteiger partial charge in [-0.05, 0) is 24.6 Å². The molecule has 18 heavy (non-hydrogen) atoms. The van der Waals surface area contributed by atoms with Crippen molar-refractivity contribution >= 4 is 11.8 Å². The van der Waals surface area contributed by atoms with Crippen molar-refractivity contribution < 1.29 is 14.0 Å². The van der Waals surface area contributed by atoms with E-state index in [1.807, 2.05) is 6.07 Å². The van der Waals surface area contributed by atoms with E-state index in [-0.39, 0.29) is 18.4 Å². The molecule has 0 saturated carbocycles. The largest absolute Gasteiger partial charge is 0.368 e. The van der Waals surface area contributed by atoms with Crippen LogP contribution >= 0.6 is 0 Å². The maximum atomic E-state index is 12.9. The third-order valence-electron chi connectivity index (χ3n) is 2.28. The molecule has 94 valence electrons. The number of rotatable bonds is 5. The third-order valence-corrected chi connectivity index (χ3v) is 2.28. The van der Waals surface area contributed by atoms with Gasteiger partial charge in [-0.3, -0.25) is 9.59 Å². The van der Waals surface area contributed by atoms with Gasteiger partial charge in [0.1, 0.15) is 11.9 Å². The molecule has 1 aromatic rings. The highest BCUT2D eigenvalue weighted by Crippen LogP contribution is 2.05. The van der Waals surface area contributed by atoms with Gasteiger partial charge in [-0.1, -0.05) is 6.07 Å². The van der Waals surface area contributed by atoms with Gasteiger partial charge in [0.25, 0.3) is 5.91 Å². The van der Waals surface area contributed by atoms with E-state index in [0.717, 1.165) is 6.07 Å². The van der Waals surface area contributed by atoms with Gasteiger partial charge in [0, 0.05) is 12.0 Å². The summed E-state index contributed by atoms with van der Waals surface area (Å²) in [6.45, 7) is 0. The maximum Gasteiger partial charge on any atom is 0.252 e. The van der Waals surface area contributed by atoms with E-state index in [2.05, 4.69) is 5.32 Å². The minimum Gasteiger partial charge on any atom is -0.368 e. The maximum absolute atomic E-state index is 12.9. The zero-order valence-corrected chi connectivity index (χ0v) is 9.52. The highest BCUT2D eigenvalue weighted by Gasteiger charge is 2.18. The molecule has 1 atom stereocenters. The summed E-state index contributed by atoms with van der Waals surface area (Å²) in [7, 11) is 0. The Bertz CT molecular complexity index is 496. The molecule has 1 aromatic carbocycles. The molecule has 0 aliphatic carbocycles. The molecule has 0 unspecified atom stereocenters. The number of nitrogens with two attached hydrogens (primary N) is 1. The first kappa shape index (κ1) is 13.6. The number of nitrogens with one attached hydrogen (secondary N) is 1. The van der Waals surface area contributed by atoms with Crippen molar-refractivity contribution in [3.8, 4) is 6.07 Å². The van der Waals surface area contributed by atoms with Gasteiger partial charge in [0.15, 0.2) is 0 Å². The molecule has 0 radical (unpaired) electrons. The lowest BCUT2D eigenvalue weighted by atomic mass is 10.1. The van der Waals surface area contributed by atoms with E-state index < -0.39 is 23.7 Å². The minimum atomic E-state index is -0.930. The van der Waals surface area contributed by atoms with Crippen LogP contribution in [0, 0.1) is 17.1 Å². The van der Waals surface area contributed by atoms with E-state index >= 15 is 0 Å². The second kappa shape index (κ2) is 6.35. The Labute approximate surface area is 103 Å². The van der Waals surface area contributed by atoms with Gasteiger partial charge in [-0.15, -0.1) is 0 Å². The molecular weight excluding hydrogens is 237 g/mol. The van der Waals surface area contributed by atoms with Crippen molar-refractivity contribution in [2.24, 2.45) is 5.73 Å². The summed E-state index contributed by atoms with van der Waals surface area (Å²) in [5.74, 6) is -1.87. The lowest BCUT2D eigenvalue weighted by Crippen LogP contribution is -2.44. The number of primary amides is 1. The molecule has 0 fully saturated rings. The minimum absolute atomic E-state index is 0.0943. The Morgan fingerprint density at radius 2 is 2.22 bits per heavy atom. The number of hydrogen-bond donors (Lipinski definition) is 2. The van der Waals surface area contributed by atoms with Gasteiger partial charge in [0.05, 0.1) is 6.07 Å². The summed E-state index contributed by atoms with van der Waals surface area (Å²) in [4.78, 5) is 22.8. The van der Waals surface area contributed by atoms with Crippen LogP contribution in [-0.2, 0) is 4.79 Å². The lowest BCUT2D eigenvalue weighted by molar-refractivity contribution is -0.119. The van der Waals surface area contributed by atoms with Gasteiger partial charge >= 0.3 is 0 Å². The average molecular weight is 249 g/mol. The lowest BCUT2D eigenvalue weighted by Gasteiger charge is -2.13. The molecule has 6 heteroatoms. The SMILES string of the molecule is N#CCC[C@H](NC(=O)c1cccc(F)c1)C(N)=O. The molecule has 3 N–H and O–H groups in total. The fraction of sp³-hybridized carbons (Fsp3) is 0.250. The van der Waals surface area contributed by atoms with Crippen LogP contribution in [0.3, 0.4) is 0 Å². The fourth-order valence-corrected chi connectivity index (χ4v) is 1.37. The van der Waals surface area contributed by atoms with Crippen LogP contribution in [-0.4, -0.2) is 17.9 Å². The Morgan fingerprint density at radius 1 is 1.50 bits per heavy atom.